The van der Waals surface area contributed by atoms with Gasteiger partial charge in [-0.3, -0.25) is 4.98 Å². The normalized spacial score (nSPS) is 15.6. The highest BCUT2D eigenvalue weighted by molar-refractivity contribution is 5.48. The second-order valence-electron chi connectivity index (χ2n) is 3.49. The van der Waals surface area contributed by atoms with Crippen LogP contribution < -0.4 is 4.74 Å². The van der Waals surface area contributed by atoms with Crippen LogP contribution in [-0.4, -0.2) is 11.1 Å². The van der Waals surface area contributed by atoms with E-state index in [1.165, 1.54) is 6.07 Å². The molecule has 0 bridgehead atoms. The number of rotatable bonds is 2. The summed E-state index contributed by atoms with van der Waals surface area (Å²) < 4.78 is 42.8. The molecule has 1 aliphatic carbocycles. The predicted molar refractivity (Wildman–Crippen MR) is 47.6 cm³/mol. The average Bonchev–Trinajstić information content (AvgIpc) is 3.00. The van der Waals surface area contributed by atoms with E-state index in [0.29, 0.717) is 6.20 Å². The highest BCUT2D eigenvalue weighted by atomic mass is 19.4. The van der Waals surface area contributed by atoms with Gasteiger partial charge in [0.2, 0.25) is 0 Å². The van der Waals surface area contributed by atoms with E-state index >= 15 is 0 Å². The van der Waals surface area contributed by atoms with Gasteiger partial charge in [-0.25, -0.2) is 0 Å². The van der Waals surface area contributed by atoms with Gasteiger partial charge in [-0.05, 0) is 12.8 Å². The van der Waals surface area contributed by atoms with Crippen LogP contribution in [0, 0.1) is 11.3 Å². The molecule has 6 heteroatoms. The van der Waals surface area contributed by atoms with Crippen LogP contribution in [0.2, 0.25) is 0 Å². The van der Waals surface area contributed by atoms with Crippen molar-refractivity contribution in [2.75, 3.05) is 0 Å². The minimum Gasteiger partial charge on any atom is -0.487 e. The van der Waals surface area contributed by atoms with Gasteiger partial charge in [0.25, 0.3) is 0 Å². The highest BCUT2D eigenvalue weighted by Crippen LogP contribution is 2.36. The molecule has 1 saturated carbocycles. The van der Waals surface area contributed by atoms with Gasteiger partial charge in [-0.15, -0.1) is 0 Å². The fraction of sp³-hybridized carbons (Fsp3) is 0.400. The van der Waals surface area contributed by atoms with Crippen molar-refractivity contribution in [2.45, 2.75) is 25.1 Å². The number of nitriles is 1. The van der Waals surface area contributed by atoms with Gasteiger partial charge >= 0.3 is 6.18 Å². The molecular formula is C10H7F3N2O. The molecule has 1 aromatic heterocycles. The van der Waals surface area contributed by atoms with E-state index in [9.17, 15) is 13.2 Å². The zero-order chi connectivity index (χ0) is 11.8. The van der Waals surface area contributed by atoms with Crippen LogP contribution in [-0.2, 0) is 6.18 Å². The van der Waals surface area contributed by atoms with Crippen LogP contribution in [0.1, 0.15) is 24.0 Å². The average molecular weight is 228 g/mol. The number of halogens is 3. The van der Waals surface area contributed by atoms with Crippen molar-refractivity contribution in [1.29, 1.82) is 5.26 Å². The van der Waals surface area contributed by atoms with Crippen molar-refractivity contribution >= 4 is 0 Å². The maximum atomic E-state index is 12.5. The third kappa shape index (κ3) is 2.08. The number of alkyl halides is 3. The minimum absolute atomic E-state index is 0.0719. The molecule has 3 nitrogen and oxygen atoms in total. The molecular weight excluding hydrogens is 221 g/mol. The van der Waals surface area contributed by atoms with Crippen molar-refractivity contribution < 1.29 is 17.9 Å². The molecule has 0 aliphatic heterocycles. The third-order valence-electron chi connectivity index (χ3n) is 2.15. The molecule has 0 N–H and O–H groups in total. The second-order valence-corrected chi connectivity index (χ2v) is 3.49. The maximum Gasteiger partial charge on any atom is 0.419 e. The molecule has 2 rings (SSSR count). The van der Waals surface area contributed by atoms with Crippen molar-refractivity contribution in [3.8, 4) is 11.8 Å². The van der Waals surface area contributed by atoms with Crippen LogP contribution in [0.4, 0.5) is 13.2 Å². The van der Waals surface area contributed by atoms with Crippen molar-refractivity contribution in [1.82, 2.24) is 4.98 Å². The monoisotopic (exact) mass is 228 g/mol. The number of pyridine rings is 1. The lowest BCUT2D eigenvalue weighted by Crippen LogP contribution is -2.10. The number of hydrogen-bond donors (Lipinski definition) is 0. The molecule has 1 heterocycles. The van der Waals surface area contributed by atoms with Crippen molar-refractivity contribution in [3.63, 3.8) is 0 Å². The lowest BCUT2D eigenvalue weighted by atomic mass is 10.1. The van der Waals surface area contributed by atoms with E-state index in [-0.39, 0.29) is 11.9 Å². The first-order chi connectivity index (χ1) is 7.52. The largest absolute Gasteiger partial charge is 0.487 e. The van der Waals surface area contributed by atoms with Crippen LogP contribution in [0.3, 0.4) is 0 Å². The van der Waals surface area contributed by atoms with E-state index in [1.54, 1.807) is 0 Å². The Morgan fingerprint density at radius 1 is 1.38 bits per heavy atom. The quantitative estimate of drug-likeness (QED) is 0.781. The topological polar surface area (TPSA) is 45.9 Å². The Bertz CT molecular complexity index is 446. The summed E-state index contributed by atoms with van der Waals surface area (Å²) in [5.74, 6) is -0.0835. The van der Waals surface area contributed by atoms with Gasteiger partial charge < -0.3 is 4.74 Å². The summed E-state index contributed by atoms with van der Waals surface area (Å²) in [6, 6.07) is 1.52. The molecule has 0 saturated heterocycles. The summed E-state index contributed by atoms with van der Waals surface area (Å²) in [4.78, 5) is 3.44. The summed E-state index contributed by atoms with van der Waals surface area (Å²) in [5, 5.41) is 8.74. The zero-order valence-electron chi connectivity index (χ0n) is 8.08. The summed E-state index contributed by atoms with van der Waals surface area (Å²) in [7, 11) is 0. The first kappa shape index (κ1) is 10.7. The molecule has 0 atom stereocenters. The van der Waals surface area contributed by atoms with Gasteiger partial charge in [0.05, 0.1) is 17.9 Å². The summed E-state index contributed by atoms with van der Waals surface area (Å²) in [5.41, 5.74) is -1.54. The van der Waals surface area contributed by atoms with E-state index < -0.39 is 17.3 Å². The molecule has 1 aromatic rings. The van der Waals surface area contributed by atoms with Crippen LogP contribution in [0.25, 0.3) is 0 Å². The van der Waals surface area contributed by atoms with Crippen molar-refractivity contribution in [3.05, 3.63) is 23.5 Å². The Hall–Kier alpha value is -1.77. The fourth-order valence-electron chi connectivity index (χ4n) is 1.23. The molecule has 0 radical (unpaired) electrons. The van der Waals surface area contributed by atoms with Crippen LogP contribution in [0.5, 0.6) is 5.75 Å². The Kier molecular flexibility index (Phi) is 2.46. The second kappa shape index (κ2) is 3.67. The molecule has 84 valence electrons. The van der Waals surface area contributed by atoms with Gasteiger partial charge in [0, 0.05) is 6.20 Å². The Labute approximate surface area is 89.5 Å². The van der Waals surface area contributed by atoms with E-state index in [4.69, 9.17) is 10.00 Å². The first-order valence-electron chi connectivity index (χ1n) is 4.64. The molecule has 0 amide bonds. The van der Waals surface area contributed by atoms with E-state index in [0.717, 1.165) is 19.0 Å². The molecule has 0 unspecified atom stereocenters. The predicted octanol–water partition coefficient (Wildman–Crippen LogP) is 2.51. The Morgan fingerprint density at radius 2 is 2.06 bits per heavy atom. The van der Waals surface area contributed by atoms with Gasteiger partial charge in [0.1, 0.15) is 11.6 Å². The van der Waals surface area contributed by atoms with Gasteiger partial charge in [-0.1, -0.05) is 0 Å². The summed E-state index contributed by atoms with van der Waals surface area (Å²) in [6.45, 7) is 0. The smallest absolute Gasteiger partial charge is 0.419 e. The highest BCUT2D eigenvalue weighted by Gasteiger charge is 2.36. The van der Waals surface area contributed by atoms with Crippen molar-refractivity contribution in [2.24, 2.45) is 0 Å². The molecule has 1 aliphatic rings. The molecule has 16 heavy (non-hydrogen) atoms. The number of ether oxygens (including phenoxy) is 1. The number of hydrogen-bond acceptors (Lipinski definition) is 3. The maximum absolute atomic E-state index is 12.5. The molecule has 0 spiro atoms. The standard InChI is InChI=1S/C10H7F3N2O/c11-10(12,13)8-4-15-5-9(7(8)3-14)16-6-1-2-6/h4-6H,1-2H2. The lowest BCUT2D eigenvalue weighted by molar-refractivity contribution is -0.138. The van der Waals surface area contributed by atoms with E-state index in [2.05, 4.69) is 4.98 Å². The number of aromatic nitrogens is 1. The summed E-state index contributed by atoms with van der Waals surface area (Å²) >= 11 is 0. The first-order valence-corrected chi connectivity index (χ1v) is 4.64. The minimum atomic E-state index is -4.58. The van der Waals surface area contributed by atoms with Crippen LogP contribution in [0.15, 0.2) is 12.4 Å². The number of nitrogens with zero attached hydrogens (tertiary/aromatic N) is 2. The fourth-order valence-corrected chi connectivity index (χ4v) is 1.23. The third-order valence-corrected chi connectivity index (χ3v) is 2.15. The Balaban J connectivity index is 2.42. The van der Waals surface area contributed by atoms with Gasteiger partial charge in [0.15, 0.2) is 5.75 Å². The van der Waals surface area contributed by atoms with Gasteiger partial charge in [-0.2, -0.15) is 18.4 Å². The Morgan fingerprint density at radius 3 is 2.56 bits per heavy atom. The molecule has 1 fully saturated rings. The zero-order valence-corrected chi connectivity index (χ0v) is 8.08. The SMILES string of the molecule is N#Cc1c(OC2CC2)cncc1C(F)(F)F. The molecule has 0 aromatic carbocycles. The van der Waals surface area contributed by atoms with Crippen LogP contribution >= 0.6 is 0 Å². The lowest BCUT2D eigenvalue weighted by Gasteiger charge is -2.11. The summed E-state index contributed by atoms with van der Waals surface area (Å²) in [6.07, 6.45) is -1.26. The van der Waals surface area contributed by atoms with E-state index in [1.807, 2.05) is 0 Å².